The smallest absolute Gasteiger partial charge is 0.307 e. The molecule has 1 aliphatic carbocycles. The molecule has 1 aromatic rings. The Morgan fingerprint density at radius 1 is 1.21 bits per heavy atom. The summed E-state index contributed by atoms with van der Waals surface area (Å²) in [6.07, 6.45) is 2.97. The highest BCUT2D eigenvalue weighted by atomic mass is 35.5. The number of carbonyl (C=O) groups is 2. The van der Waals surface area contributed by atoms with Crippen LogP contribution in [0.5, 0.6) is 0 Å². The summed E-state index contributed by atoms with van der Waals surface area (Å²) in [6, 6.07) is 6.85. The number of hydrogen-bond donors (Lipinski definition) is 2. The third-order valence-electron chi connectivity index (χ3n) is 3.51. The van der Waals surface area contributed by atoms with E-state index < -0.39 is 17.8 Å². The van der Waals surface area contributed by atoms with Crippen LogP contribution in [-0.4, -0.2) is 17.0 Å². The molecule has 5 heteroatoms. The number of carbonyl (C=O) groups excluding carboxylic acids is 1. The van der Waals surface area contributed by atoms with Gasteiger partial charge in [0.05, 0.1) is 11.8 Å². The minimum absolute atomic E-state index is 0.227. The Morgan fingerprint density at radius 3 is 2.53 bits per heavy atom. The zero-order chi connectivity index (χ0) is 13.8. The van der Waals surface area contributed by atoms with E-state index in [0.717, 1.165) is 12.8 Å². The number of halogens is 1. The molecule has 0 heterocycles. The second-order valence-electron chi connectivity index (χ2n) is 4.84. The molecule has 0 radical (unpaired) electrons. The summed E-state index contributed by atoms with van der Waals surface area (Å²) in [5.41, 5.74) is 0.604. The standard InChI is InChI=1S/C14H16ClNO3/c15-9-4-3-5-10(8-9)16-13(17)11-6-1-2-7-12(11)14(18)19/h3-5,8,11-12H,1-2,6-7H2,(H,16,17)(H,18,19). The summed E-state index contributed by atoms with van der Waals surface area (Å²) in [5.74, 6) is -2.14. The molecule has 4 nitrogen and oxygen atoms in total. The zero-order valence-corrected chi connectivity index (χ0v) is 11.2. The van der Waals surface area contributed by atoms with E-state index in [1.54, 1.807) is 24.3 Å². The van der Waals surface area contributed by atoms with Crippen LogP contribution in [0.1, 0.15) is 25.7 Å². The second kappa shape index (κ2) is 6.06. The van der Waals surface area contributed by atoms with E-state index in [1.807, 2.05) is 0 Å². The first-order valence-electron chi connectivity index (χ1n) is 6.37. The molecule has 2 N–H and O–H groups in total. The molecular formula is C14H16ClNO3. The Labute approximate surface area is 116 Å². The molecule has 2 unspecified atom stereocenters. The Morgan fingerprint density at radius 2 is 1.89 bits per heavy atom. The molecule has 0 saturated heterocycles. The lowest BCUT2D eigenvalue weighted by molar-refractivity contribution is -0.147. The normalized spacial score (nSPS) is 22.8. The van der Waals surface area contributed by atoms with Gasteiger partial charge in [-0.2, -0.15) is 0 Å². The Hall–Kier alpha value is -1.55. The lowest BCUT2D eigenvalue weighted by Crippen LogP contribution is -2.36. The maximum atomic E-state index is 12.2. The quantitative estimate of drug-likeness (QED) is 0.894. The van der Waals surface area contributed by atoms with Crippen LogP contribution in [0.2, 0.25) is 5.02 Å². The van der Waals surface area contributed by atoms with Crippen LogP contribution in [0.15, 0.2) is 24.3 Å². The zero-order valence-electron chi connectivity index (χ0n) is 10.4. The van der Waals surface area contributed by atoms with Crippen molar-refractivity contribution in [2.24, 2.45) is 11.8 Å². The number of carboxylic acid groups (broad SMARTS) is 1. The van der Waals surface area contributed by atoms with Crippen molar-refractivity contribution >= 4 is 29.2 Å². The molecule has 1 saturated carbocycles. The van der Waals surface area contributed by atoms with Gasteiger partial charge in [0, 0.05) is 10.7 Å². The van der Waals surface area contributed by atoms with Gasteiger partial charge < -0.3 is 10.4 Å². The Bertz CT molecular complexity index is 489. The van der Waals surface area contributed by atoms with Gasteiger partial charge in [-0.05, 0) is 31.0 Å². The SMILES string of the molecule is O=C(O)C1CCCCC1C(=O)Nc1cccc(Cl)c1. The minimum Gasteiger partial charge on any atom is -0.481 e. The number of nitrogens with one attached hydrogen (secondary N) is 1. The van der Waals surface area contributed by atoms with E-state index in [9.17, 15) is 9.59 Å². The molecule has 102 valence electrons. The molecule has 0 bridgehead atoms. The number of aliphatic carboxylic acids is 1. The van der Waals surface area contributed by atoms with E-state index in [0.29, 0.717) is 23.6 Å². The van der Waals surface area contributed by atoms with Gasteiger partial charge in [-0.1, -0.05) is 30.5 Å². The van der Waals surface area contributed by atoms with Crippen molar-refractivity contribution in [2.45, 2.75) is 25.7 Å². The largest absolute Gasteiger partial charge is 0.481 e. The highest BCUT2D eigenvalue weighted by Gasteiger charge is 2.35. The van der Waals surface area contributed by atoms with Crippen molar-refractivity contribution in [3.05, 3.63) is 29.3 Å². The van der Waals surface area contributed by atoms with Gasteiger partial charge in [0.2, 0.25) is 5.91 Å². The molecule has 1 aliphatic rings. The summed E-state index contributed by atoms with van der Waals surface area (Å²) < 4.78 is 0. The monoisotopic (exact) mass is 281 g/mol. The molecule has 1 aromatic carbocycles. The fourth-order valence-corrected chi connectivity index (χ4v) is 2.73. The Balaban J connectivity index is 2.07. The van der Waals surface area contributed by atoms with Crippen LogP contribution in [0.25, 0.3) is 0 Å². The average molecular weight is 282 g/mol. The highest BCUT2D eigenvalue weighted by molar-refractivity contribution is 6.30. The Kier molecular flexibility index (Phi) is 4.43. The summed E-state index contributed by atoms with van der Waals surface area (Å²) in [6.45, 7) is 0. The predicted molar refractivity (Wildman–Crippen MR) is 73.2 cm³/mol. The van der Waals surface area contributed by atoms with Gasteiger partial charge >= 0.3 is 5.97 Å². The van der Waals surface area contributed by atoms with Crippen molar-refractivity contribution in [1.29, 1.82) is 0 Å². The topological polar surface area (TPSA) is 66.4 Å². The molecule has 19 heavy (non-hydrogen) atoms. The third-order valence-corrected chi connectivity index (χ3v) is 3.75. The van der Waals surface area contributed by atoms with Crippen LogP contribution in [0.3, 0.4) is 0 Å². The molecule has 1 amide bonds. The van der Waals surface area contributed by atoms with Crippen LogP contribution in [0.4, 0.5) is 5.69 Å². The predicted octanol–water partition coefficient (Wildman–Crippen LogP) is 3.17. The number of hydrogen-bond acceptors (Lipinski definition) is 2. The maximum Gasteiger partial charge on any atom is 0.307 e. The van der Waals surface area contributed by atoms with Gasteiger partial charge in [-0.3, -0.25) is 9.59 Å². The van der Waals surface area contributed by atoms with Crippen LogP contribution >= 0.6 is 11.6 Å². The number of carboxylic acids is 1. The van der Waals surface area contributed by atoms with Crippen molar-refractivity contribution in [2.75, 3.05) is 5.32 Å². The van der Waals surface area contributed by atoms with E-state index in [4.69, 9.17) is 16.7 Å². The van der Waals surface area contributed by atoms with Crippen molar-refractivity contribution in [1.82, 2.24) is 0 Å². The third kappa shape index (κ3) is 3.47. The van der Waals surface area contributed by atoms with Gasteiger partial charge in [0.1, 0.15) is 0 Å². The van der Waals surface area contributed by atoms with Gasteiger partial charge in [0.15, 0.2) is 0 Å². The second-order valence-corrected chi connectivity index (χ2v) is 5.27. The lowest BCUT2D eigenvalue weighted by Gasteiger charge is -2.27. The summed E-state index contributed by atoms with van der Waals surface area (Å²) in [7, 11) is 0. The summed E-state index contributed by atoms with van der Waals surface area (Å²) in [4.78, 5) is 23.4. The number of amides is 1. The van der Waals surface area contributed by atoms with Crippen LogP contribution in [-0.2, 0) is 9.59 Å². The van der Waals surface area contributed by atoms with Crippen LogP contribution < -0.4 is 5.32 Å². The maximum absolute atomic E-state index is 12.2. The first kappa shape index (κ1) is 13.9. The molecule has 0 aromatic heterocycles. The average Bonchev–Trinajstić information content (AvgIpc) is 2.38. The molecule has 0 aliphatic heterocycles. The van der Waals surface area contributed by atoms with Crippen molar-refractivity contribution in [3.63, 3.8) is 0 Å². The molecular weight excluding hydrogens is 266 g/mol. The van der Waals surface area contributed by atoms with E-state index in [1.165, 1.54) is 0 Å². The van der Waals surface area contributed by atoms with Crippen molar-refractivity contribution < 1.29 is 14.7 Å². The van der Waals surface area contributed by atoms with Gasteiger partial charge in [-0.25, -0.2) is 0 Å². The molecule has 2 atom stereocenters. The molecule has 1 fully saturated rings. The lowest BCUT2D eigenvalue weighted by atomic mass is 9.78. The molecule has 2 rings (SSSR count). The number of benzene rings is 1. The minimum atomic E-state index is -0.883. The summed E-state index contributed by atoms with van der Waals surface area (Å²) in [5, 5.41) is 12.5. The van der Waals surface area contributed by atoms with E-state index >= 15 is 0 Å². The van der Waals surface area contributed by atoms with Crippen LogP contribution in [0, 0.1) is 11.8 Å². The van der Waals surface area contributed by atoms with Gasteiger partial charge in [-0.15, -0.1) is 0 Å². The first-order valence-corrected chi connectivity index (χ1v) is 6.75. The summed E-state index contributed by atoms with van der Waals surface area (Å²) >= 11 is 5.85. The number of anilines is 1. The highest BCUT2D eigenvalue weighted by Crippen LogP contribution is 2.31. The van der Waals surface area contributed by atoms with E-state index in [-0.39, 0.29) is 5.91 Å². The van der Waals surface area contributed by atoms with Gasteiger partial charge in [0.25, 0.3) is 0 Å². The first-order chi connectivity index (χ1) is 9.08. The van der Waals surface area contributed by atoms with E-state index in [2.05, 4.69) is 5.32 Å². The number of rotatable bonds is 3. The fourth-order valence-electron chi connectivity index (χ4n) is 2.54. The van der Waals surface area contributed by atoms with Crippen molar-refractivity contribution in [3.8, 4) is 0 Å². The fraction of sp³-hybridized carbons (Fsp3) is 0.429. The molecule has 0 spiro atoms.